The summed E-state index contributed by atoms with van der Waals surface area (Å²) in [6, 6.07) is 19.3. The van der Waals surface area contributed by atoms with Gasteiger partial charge in [0.15, 0.2) is 0 Å². The Kier molecular flexibility index (Phi) is 4.87. The number of aromatic hydroxyl groups is 1. The van der Waals surface area contributed by atoms with Crippen LogP contribution in [0.5, 0.6) is 11.5 Å². The van der Waals surface area contributed by atoms with Crippen molar-refractivity contribution >= 4 is 39.3 Å². The molecule has 7 heteroatoms. The van der Waals surface area contributed by atoms with Gasteiger partial charge in [0.2, 0.25) is 0 Å². The Morgan fingerprint density at radius 3 is 2.42 bits per heavy atom. The van der Waals surface area contributed by atoms with Crippen molar-refractivity contribution in [1.29, 1.82) is 0 Å². The normalized spacial score (nSPS) is 11.8. The minimum atomic E-state index is -1.43. The lowest BCUT2D eigenvalue weighted by molar-refractivity contribution is 0.144. The third-order valence-electron chi connectivity index (χ3n) is 5.60. The van der Waals surface area contributed by atoms with Crippen molar-refractivity contribution in [3.05, 3.63) is 66.2 Å². The van der Waals surface area contributed by atoms with Crippen LogP contribution < -0.4 is 4.74 Å². The number of aromatic amines is 1. The Morgan fingerprint density at radius 2 is 1.73 bits per heavy atom. The minimum absolute atomic E-state index is 0.0583. The molecule has 0 fully saturated rings. The van der Waals surface area contributed by atoms with Crippen molar-refractivity contribution in [2.75, 3.05) is 0 Å². The molecule has 0 saturated carbocycles. The number of hydrogen-bond acceptors (Lipinski definition) is 5. The van der Waals surface area contributed by atoms with Gasteiger partial charge in [-0.15, -0.1) is 11.3 Å². The topological polar surface area (TPSA) is 95.4 Å². The number of phenols is 1. The predicted octanol–water partition coefficient (Wildman–Crippen LogP) is 7.17. The first kappa shape index (κ1) is 21.0. The quantitative estimate of drug-likeness (QED) is 0.197. The Balaban J connectivity index is 1.53. The number of phenolic OH excluding ortho intramolecular Hbond substituents is 1. The number of rotatable bonds is 3. The van der Waals surface area contributed by atoms with Crippen molar-refractivity contribution in [3.8, 4) is 32.6 Å². The number of nitrogens with zero attached hydrogens (tertiary/aromatic N) is 1. The molecule has 0 aliphatic heterocycles. The van der Waals surface area contributed by atoms with Gasteiger partial charge < -0.3 is 19.9 Å². The zero-order valence-corrected chi connectivity index (χ0v) is 19.2. The molecular formula is C26H22N2O4S. The van der Waals surface area contributed by atoms with E-state index >= 15 is 0 Å². The number of nitrogens with one attached hydrogen (secondary N) is 1. The van der Waals surface area contributed by atoms with E-state index in [4.69, 9.17) is 14.8 Å². The summed E-state index contributed by atoms with van der Waals surface area (Å²) in [5, 5.41) is 20.6. The molecule has 0 aliphatic rings. The van der Waals surface area contributed by atoms with E-state index in [-0.39, 0.29) is 16.9 Å². The highest BCUT2D eigenvalue weighted by atomic mass is 32.1. The van der Waals surface area contributed by atoms with Crippen LogP contribution in [0.15, 0.2) is 60.7 Å². The lowest BCUT2D eigenvalue weighted by Crippen LogP contribution is -2.10. The molecule has 6 nitrogen and oxygen atoms in total. The summed E-state index contributed by atoms with van der Waals surface area (Å²) in [4.78, 5) is 21.1. The third-order valence-corrected chi connectivity index (χ3v) is 6.74. The van der Waals surface area contributed by atoms with Crippen LogP contribution in [0.25, 0.3) is 42.9 Å². The highest BCUT2D eigenvalue weighted by molar-refractivity contribution is 7.18. The first-order valence-electron chi connectivity index (χ1n) is 10.5. The molecule has 0 spiro atoms. The van der Waals surface area contributed by atoms with Crippen LogP contribution in [0, 0.1) is 0 Å². The number of thiophene rings is 1. The molecule has 0 bridgehead atoms. The second-order valence-electron chi connectivity index (χ2n) is 8.95. The van der Waals surface area contributed by atoms with E-state index < -0.39 is 6.16 Å². The molecule has 166 valence electrons. The maximum atomic E-state index is 10.8. The molecule has 5 aromatic rings. The van der Waals surface area contributed by atoms with Gasteiger partial charge in [0.05, 0.1) is 15.8 Å². The molecule has 0 unspecified atom stereocenters. The second-order valence-corrected chi connectivity index (χ2v) is 10.0. The van der Waals surface area contributed by atoms with E-state index in [2.05, 4.69) is 56.1 Å². The first-order chi connectivity index (χ1) is 15.7. The van der Waals surface area contributed by atoms with Crippen molar-refractivity contribution < 1.29 is 19.7 Å². The summed E-state index contributed by atoms with van der Waals surface area (Å²) in [5.74, 6) is 0.687. The number of benzene rings is 3. The van der Waals surface area contributed by atoms with E-state index in [1.165, 1.54) is 11.6 Å². The maximum absolute atomic E-state index is 10.8. The van der Waals surface area contributed by atoms with E-state index in [9.17, 15) is 9.90 Å². The summed E-state index contributed by atoms with van der Waals surface area (Å²) in [6.45, 7) is 6.61. The highest BCUT2D eigenvalue weighted by Gasteiger charge is 2.16. The van der Waals surface area contributed by atoms with E-state index in [1.54, 1.807) is 23.5 Å². The van der Waals surface area contributed by atoms with Crippen LogP contribution in [0.2, 0.25) is 0 Å². The average molecular weight is 459 g/mol. The number of hydrogen-bond donors (Lipinski definition) is 3. The van der Waals surface area contributed by atoms with Gasteiger partial charge in [-0.25, -0.2) is 9.78 Å². The number of carboxylic acid groups (broad SMARTS) is 1. The van der Waals surface area contributed by atoms with E-state index in [0.717, 1.165) is 20.8 Å². The third kappa shape index (κ3) is 3.91. The molecule has 3 N–H and O–H groups in total. The Bertz CT molecular complexity index is 1510. The highest BCUT2D eigenvalue weighted by Crippen LogP contribution is 2.38. The molecule has 0 aliphatic carbocycles. The van der Waals surface area contributed by atoms with Gasteiger partial charge in [-0.2, -0.15) is 0 Å². The molecule has 0 amide bonds. The van der Waals surface area contributed by atoms with Gasteiger partial charge in [-0.05, 0) is 46.2 Å². The van der Waals surface area contributed by atoms with E-state index in [0.29, 0.717) is 22.1 Å². The standard InChI is InChI=1S/C26H22N2O4S/c1-26(2,3)16-7-4-14(5-8-16)20-10-11-21(33-20)24-27-18-9-6-15-12-17(32-25(30)31)13-19(29)22(15)23(18)28-24/h4-13,29H,1-3H3,(H,27,28)(H,30,31). The number of imidazole rings is 1. The fraction of sp³-hybridized carbons (Fsp3) is 0.154. The van der Waals surface area contributed by atoms with Crippen molar-refractivity contribution in [3.63, 3.8) is 0 Å². The molecule has 2 aromatic heterocycles. The fourth-order valence-corrected chi connectivity index (χ4v) is 4.87. The molecule has 0 saturated heterocycles. The van der Waals surface area contributed by atoms with Gasteiger partial charge in [0, 0.05) is 10.9 Å². The molecule has 0 atom stereocenters. The monoisotopic (exact) mass is 458 g/mol. The SMILES string of the molecule is CC(C)(C)c1ccc(-c2ccc(-c3nc4c(ccc5cc(OC(=O)O)cc(O)c54)[nH]3)s2)cc1. The second kappa shape index (κ2) is 7.64. The first-order valence-corrected chi connectivity index (χ1v) is 11.3. The molecule has 5 rings (SSSR count). The van der Waals surface area contributed by atoms with Gasteiger partial charge in [0.25, 0.3) is 0 Å². The van der Waals surface area contributed by atoms with Gasteiger partial charge in [-0.1, -0.05) is 51.1 Å². The average Bonchev–Trinajstić information content (AvgIpc) is 3.39. The Morgan fingerprint density at radius 1 is 1.00 bits per heavy atom. The largest absolute Gasteiger partial charge is 0.511 e. The summed E-state index contributed by atoms with van der Waals surface area (Å²) >= 11 is 1.65. The van der Waals surface area contributed by atoms with Crippen LogP contribution in [0.1, 0.15) is 26.3 Å². The lowest BCUT2D eigenvalue weighted by atomic mass is 9.86. The van der Waals surface area contributed by atoms with E-state index in [1.807, 2.05) is 12.1 Å². The number of H-pyrrole nitrogens is 1. The zero-order valence-electron chi connectivity index (χ0n) is 18.3. The number of carbonyl (C=O) groups is 1. The Hall–Kier alpha value is -3.84. The van der Waals surface area contributed by atoms with Gasteiger partial charge in [-0.3, -0.25) is 0 Å². The van der Waals surface area contributed by atoms with Crippen molar-refractivity contribution in [1.82, 2.24) is 9.97 Å². The number of fused-ring (bicyclic) bond motifs is 3. The van der Waals surface area contributed by atoms with Crippen molar-refractivity contribution in [2.45, 2.75) is 26.2 Å². The van der Waals surface area contributed by atoms with Crippen LogP contribution in [-0.4, -0.2) is 26.3 Å². The maximum Gasteiger partial charge on any atom is 0.511 e. The van der Waals surface area contributed by atoms with Crippen LogP contribution in [0.3, 0.4) is 0 Å². The van der Waals surface area contributed by atoms with Crippen LogP contribution in [0.4, 0.5) is 4.79 Å². The number of aromatic nitrogens is 2. The Labute approximate surface area is 194 Å². The van der Waals surface area contributed by atoms with Gasteiger partial charge >= 0.3 is 6.16 Å². The summed E-state index contributed by atoms with van der Waals surface area (Å²) in [7, 11) is 0. The summed E-state index contributed by atoms with van der Waals surface area (Å²) in [6.07, 6.45) is -1.43. The minimum Gasteiger partial charge on any atom is -0.507 e. The van der Waals surface area contributed by atoms with Gasteiger partial charge in [0.1, 0.15) is 22.8 Å². The van der Waals surface area contributed by atoms with Crippen molar-refractivity contribution in [2.24, 2.45) is 0 Å². The lowest BCUT2D eigenvalue weighted by Gasteiger charge is -2.18. The fourth-order valence-electron chi connectivity index (χ4n) is 3.91. The summed E-state index contributed by atoms with van der Waals surface area (Å²) < 4.78 is 4.69. The summed E-state index contributed by atoms with van der Waals surface area (Å²) in [5.41, 5.74) is 3.96. The van der Waals surface area contributed by atoms with Crippen LogP contribution in [-0.2, 0) is 5.41 Å². The molecule has 2 heterocycles. The molecular weight excluding hydrogens is 436 g/mol. The van der Waals surface area contributed by atoms with Crippen LogP contribution >= 0.6 is 11.3 Å². The zero-order chi connectivity index (χ0) is 23.3. The molecule has 33 heavy (non-hydrogen) atoms. The number of ether oxygens (including phenoxy) is 1. The smallest absolute Gasteiger partial charge is 0.507 e. The molecule has 0 radical (unpaired) electrons. The predicted molar refractivity (Wildman–Crippen MR) is 131 cm³/mol. The molecule has 3 aromatic carbocycles.